The number of piperazine rings is 1. The fourth-order valence-electron chi connectivity index (χ4n) is 3.73. The monoisotopic (exact) mass is 473 g/mol. The largest absolute Gasteiger partial charge is 0.473 e. The van der Waals surface area contributed by atoms with E-state index in [-0.39, 0.29) is 19.2 Å². The molecule has 0 saturated carbocycles. The van der Waals surface area contributed by atoms with Crippen molar-refractivity contribution in [3.63, 3.8) is 0 Å². The average Bonchev–Trinajstić information content (AvgIpc) is 3.18. The molecule has 182 valence electrons. The van der Waals surface area contributed by atoms with Gasteiger partial charge in [-0.05, 0) is 39.0 Å². The molecular formula is C23H28FN5O5. The van der Waals surface area contributed by atoms with Crippen molar-refractivity contribution in [3.05, 3.63) is 42.6 Å². The van der Waals surface area contributed by atoms with Crippen LogP contribution in [-0.4, -0.2) is 78.1 Å². The Morgan fingerprint density at radius 3 is 2.62 bits per heavy atom. The van der Waals surface area contributed by atoms with Gasteiger partial charge in [-0.2, -0.15) is 0 Å². The Morgan fingerprint density at radius 2 is 1.97 bits per heavy atom. The van der Waals surface area contributed by atoms with E-state index in [4.69, 9.17) is 14.2 Å². The van der Waals surface area contributed by atoms with Gasteiger partial charge in [-0.25, -0.2) is 19.0 Å². The van der Waals surface area contributed by atoms with Gasteiger partial charge in [-0.15, -0.1) is 0 Å². The molecule has 4 rings (SSSR count). The molecular weight excluding hydrogens is 445 g/mol. The summed E-state index contributed by atoms with van der Waals surface area (Å²) in [5, 5.41) is 0. The highest BCUT2D eigenvalue weighted by molar-refractivity contribution is 5.90. The van der Waals surface area contributed by atoms with E-state index in [0.717, 1.165) is 0 Å². The van der Waals surface area contributed by atoms with Crippen LogP contribution in [0.15, 0.2) is 36.8 Å². The lowest BCUT2D eigenvalue weighted by Gasteiger charge is -2.37. The van der Waals surface area contributed by atoms with Crippen LogP contribution in [0.25, 0.3) is 0 Å². The van der Waals surface area contributed by atoms with Gasteiger partial charge >= 0.3 is 12.2 Å². The van der Waals surface area contributed by atoms with Gasteiger partial charge in [0.2, 0.25) is 5.88 Å². The van der Waals surface area contributed by atoms with Crippen LogP contribution in [-0.2, 0) is 9.47 Å². The van der Waals surface area contributed by atoms with Crippen molar-refractivity contribution in [2.75, 3.05) is 49.1 Å². The van der Waals surface area contributed by atoms with Crippen molar-refractivity contribution in [1.82, 2.24) is 14.9 Å². The molecule has 1 aromatic carbocycles. The van der Waals surface area contributed by atoms with Crippen LogP contribution in [0.4, 0.5) is 25.4 Å². The zero-order chi connectivity index (χ0) is 24.3. The molecule has 2 amide bonds. The summed E-state index contributed by atoms with van der Waals surface area (Å²) in [6.07, 6.45) is 3.06. The number of nitrogens with zero attached hydrogens (tertiary/aromatic N) is 5. The van der Waals surface area contributed by atoms with Gasteiger partial charge in [0.25, 0.3) is 0 Å². The predicted molar refractivity (Wildman–Crippen MR) is 122 cm³/mol. The Morgan fingerprint density at radius 1 is 1.21 bits per heavy atom. The molecule has 2 aliphatic heterocycles. The fraction of sp³-hybridized carbons (Fsp3) is 0.478. The van der Waals surface area contributed by atoms with Crippen LogP contribution >= 0.6 is 0 Å². The second-order valence-electron chi connectivity index (χ2n) is 9.06. The molecule has 2 aliphatic rings. The van der Waals surface area contributed by atoms with E-state index in [9.17, 15) is 14.0 Å². The molecule has 2 aromatic rings. The van der Waals surface area contributed by atoms with Crippen LogP contribution in [0.3, 0.4) is 0 Å². The standard InChI is InChI=1S/C23H28FN5O5/c1-23(2,3)34-21(30)28-10-8-27(9-11-28)19-5-4-16(12-18(19)24)29-14-17(33-22(29)31)15-32-20-13-25-6-7-26-20/h4-7,12-13,17H,8-11,14-15H2,1-3H3. The topological polar surface area (TPSA) is 97.3 Å². The van der Waals surface area contributed by atoms with E-state index in [1.165, 1.54) is 29.6 Å². The molecule has 34 heavy (non-hydrogen) atoms. The van der Waals surface area contributed by atoms with Crippen molar-refractivity contribution in [2.24, 2.45) is 0 Å². The van der Waals surface area contributed by atoms with Crippen LogP contribution in [0, 0.1) is 5.82 Å². The first-order chi connectivity index (χ1) is 16.2. The number of hydrogen-bond donors (Lipinski definition) is 0. The zero-order valence-electron chi connectivity index (χ0n) is 19.4. The SMILES string of the molecule is CC(C)(C)OC(=O)N1CCN(c2ccc(N3CC(COc4cnccn4)OC3=O)cc2F)CC1. The van der Waals surface area contributed by atoms with E-state index in [1.54, 1.807) is 17.0 Å². The molecule has 11 heteroatoms. The molecule has 1 aromatic heterocycles. The summed E-state index contributed by atoms with van der Waals surface area (Å²) in [5.74, 6) is -0.116. The predicted octanol–water partition coefficient (Wildman–Crippen LogP) is 3.08. The summed E-state index contributed by atoms with van der Waals surface area (Å²) in [7, 11) is 0. The minimum Gasteiger partial charge on any atom is -0.473 e. The number of halogens is 1. The maximum absolute atomic E-state index is 15.0. The molecule has 0 aliphatic carbocycles. The zero-order valence-corrected chi connectivity index (χ0v) is 19.4. The molecule has 1 atom stereocenters. The Bertz CT molecular complexity index is 1020. The first-order valence-electron chi connectivity index (χ1n) is 11.1. The minimum absolute atomic E-state index is 0.115. The van der Waals surface area contributed by atoms with Gasteiger partial charge in [0.05, 0.1) is 24.1 Å². The number of aromatic nitrogens is 2. The Balaban J connectivity index is 1.33. The van der Waals surface area contributed by atoms with E-state index in [0.29, 0.717) is 43.4 Å². The lowest BCUT2D eigenvalue weighted by Crippen LogP contribution is -2.50. The summed E-state index contributed by atoms with van der Waals surface area (Å²) >= 11 is 0. The lowest BCUT2D eigenvalue weighted by atomic mass is 10.2. The number of cyclic esters (lactones) is 1. The number of carbonyl (C=O) groups is 2. The third kappa shape index (κ3) is 5.64. The van der Waals surface area contributed by atoms with Crippen molar-refractivity contribution >= 4 is 23.6 Å². The van der Waals surface area contributed by atoms with Crippen LogP contribution in [0.1, 0.15) is 20.8 Å². The lowest BCUT2D eigenvalue weighted by molar-refractivity contribution is 0.0240. The van der Waals surface area contributed by atoms with Crippen molar-refractivity contribution in [3.8, 4) is 5.88 Å². The smallest absolute Gasteiger partial charge is 0.414 e. The first kappa shape index (κ1) is 23.5. The molecule has 2 fully saturated rings. The number of hydrogen-bond acceptors (Lipinski definition) is 8. The third-order valence-electron chi connectivity index (χ3n) is 5.35. The van der Waals surface area contributed by atoms with E-state index >= 15 is 0 Å². The number of anilines is 2. The van der Waals surface area contributed by atoms with Crippen LogP contribution in [0.2, 0.25) is 0 Å². The number of ether oxygens (including phenoxy) is 3. The minimum atomic E-state index is -0.564. The molecule has 3 heterocycles. The number of carbonyl (C=O) groups excluding carboxylic acids is 2. The summed E-state index contributed by atoms with van der Waals surface area (Å²) < 4.78 is 31.2. The van der Waals surface area contributed by atoms with Crippen LogP contribution < -0.4 is 14.5 Å². The number of amides is 2. The Hall–Kier alpha value is -3.63. The third-order valence-corrected chi connectivity index (χ3v) is 5.35. The van der Waals surface area contributed by atoms with E-state index in [1.807, 2.05) is 25.7 Å². The maximum atomic E-state index is 15.0. The number of benzene rings is 1. The Kier molecular flexibility index (Phi) is 6.71. The summed E-state index contributed by atoms with van der Waals surface area (Å²) in [4.78, 5) is 37.4. The summed E-state index contributed by atoms with van der Waals surface area (Å²) in [5.41, 5.74) is 0.261. The molecule has 10 nitrogen and oxygen atoms in total. The van der Waals surface area contributed by atoms with Crippen LogP contribution in [0.5, 0.6) is 5.88 Å². The van der Waals surface area contributed by atoms with Gasteiger partial charge in [0.1, 0.15) is 18.0 Å². The number of rotatable bonds is 5. The molecule has 0 radical (unpaired) electrons. The molecule has 0 bridgehead atoms. The van der Waals surface area contributed by atoms with Crippen molar-refractivity contribution in [1.29, 1.82) is 0 Å². The van der Waals surface area contributed by atoms with Crippen molar-refractivity contribution in [2.45, 2.75) is 32.5 Å². The normalized spacial score (nSPS) is 18.6. The average molecular weight is 474 g/mol. The summed E-state index contributed by atoms with van der Waals surface area (Å²) in [6, 6.07) is 4.65. The quantitative estimate of drug-likeness (QED) is 0.654. The van der Waals surface area contributed by atoms with E-state index < -0.39 is 23.6 Å². The van der Waals surface area contributed by atoms with Gasteiger partial charge in [-0.1, -0.05) is 0 Å². The summed E-state index contributed by atoms with van der Waals surface area (Å²) in [6.45, 7) is 7.62. The Labute approximate surface area is 197 Å². The molecule has 1 unspecified atom stereocenters. The molecule has 2 saturated heterocycles. The van der Waals surface area contributed by atoms with Gasteiger partial charge in [0, 0.05) is 38.6 Å². The molecule has 0 N–H and O–H groups in total. The second-order valence-corrected chi connectivity index (χ2v) is 9.06. The van der Waals surface area contributed by atoms with Gasteiger partial charge in [0.15, 0.2) is 6.10 Å². The maximum Gasteiger partial charge on any atom is 0.414 e. The highest BCUT2D eigenvalue weighted by Gasteiger charge is 2.34. The first-order valence-corrected chi connectivity index (χ1v) is 11.1. The highest BCUT2D eigenvalue weighted by atomic mass is 19.1. The highest BCUT2D eigenvalue weighted by Crippen LogP contribution is 2.29. The van der Waals surface area contributed by atoms with E-state index in [2.05, 4.69) is 9.97 Å². The van der Waals surface area contributed by atoms with Gasteiger partial charge in [-0.3, -0.25) is 9.88 Å². The fourth-order valence-corrected chi connectivity index (χ4v) is 3.73. The van der Waals surface area contributed by atoms with Crippen molar-refractivity contribution < 1.29 is 28.2 Å². The second kappa shape index (κ2) is 9.70. The molecule has 0 spiro atoms. The van der Waals surface area contributed by atoms with Gasteiger partial charge < -0.3 is 24.0 Å².